The number of carbonyl (C=O) groups is 1. The Labute approximate surface area is 184 Å². The highest BCUT2D eigenvalue weighted by Crippen LogP contribution is 2.58. The van der Waals surface area contributed by atoms with Crippen LogP contribution in [0.1, 0.15) is 56.6 Å². The van der Waals surface area contributed by atoms with Crippen molar-refractivity contribution in [1.82, 2.24) is 9.80 Å². The van der Waals surface area contributed by atoms with Crippen LogP contribution >= 0.6 is 0 Å². The van der Waals surface area contributed by atoms with Gasteiger partial charge in [-0.25, -0.2) is 9.18 Å². The summed E-state index contributed by atoms with van der Waals surface area (Å²) in [7, 11) is 0. The third-order valence-electron chi connectivity index (χ3n) is 7.71. The molecule has 3 fully saturated rings. The molecule has 4 nitrogen and oxygen atoms in total. The van der Waals surface area contributed by atoms with Crippen LogP contribution in [0.5, 0.6) is 0 Å². The lowest BCUT2D eigenvalue weighted by molar-refractivity contribution is -0.132. The third-order valence-corrected chi connectivity index (χ3v) is 7.71. The van der Waals surface area contributed by atoms with Crippen LogP contribution in [0.15, 0.2) is 54.6 Å². The zero-order valence-corrected chi connectivity index (χ0v) is 18.1. The standard InChI is InChI=1S/C26H32FN3O/c27-22-11-5-6-12-23(22)28-25(31)29-17-13-21(14-18-29)30-19-26(15-7-2-8-16-26)24(30)20-9-3-1-4-10-20/h1,3-6,9-12,21,24H,2,7-8,13-19H2,(H,28,31). The molecule has 2 heterocycles. The normalized spacial score (nSPS) is 24.0. The number of hydrogen-bond donors (Lipinski definition) is 1. The first kappa shape index (κ1) is 20.5. The van der Waals surface area contributed by atoms with Crippen LogP contribution in [-0.4, -0.2) is 41.5 Å². The average Bonchev–Trinajstić information content (AvgIpc) is 2.80. The van der Waals surface area contributed by atoms with Gasteiger partial charge in [-0.2, -0.15) is 0 Å². The molecule has 2 amide bonds. The fraction of sp³-hybridized carbons (Fsp3) is 0.500. The van der Waals surface area contributed by atoms with E-state index in [1.165, 1.54) is 50.3 Å². The molecule has 1 aliphatic carbocycles. The van der Waals surface area contributed by atoms with E-state index >= 15 is 0 Å². The average molecular weight is 422 g/mol. The van der Waals surface area contributed by atoms with E-state index in [0.717, 1.165) is 25.9 Å². The van der Waals surface area contributed by atoms with E-state index in [0.29, 0.717) is 17.5 Å². The minimum Gasteiger partial charge on any atom is -0.324 e. The molecule has 31 heavy (non-hydrogen) atoms. The molecule has 5 rings (SSSR count). The summed E-state index contributed by atoms with van der Waals surface area (Å²) in [6.45, 7) is 2.63. The van der Waals surface area contributed by atoms with E-state index in [4.69, 9.17) is 0 Å². The van der Waals surface area contributed by atoms with Crippen molar-refractivity contribution in [3.63, 3.8) is 0 Å². The van der Waals surface area contributed by atoms with E-state index in [-0.39, 0.29) is 11.7 Å². The van der Waals surface area contributed by atoms with Crippen molar-refractivity contribution >= 4 is 11.7 Å². The Morgan fingerprint density at radius 2 is 1.61 bits per heavy atom. The molecule has 0 aromatic heterocycles. The molecular formula is C26H32FN3O. The fourth-order valence-corrected chi connectivity index (χ4v) is 6.15. The van der Waals surface area contributed by atoms with Crippen LogP contribution < -0.4 is 5.32 Å². The highest BCUT2D eigenvalue weighted by Gasteiger charge is 2.54. The number of para-hydroxylation sites is 1. The van der Waals surface area contributed by atoms with Gasteiger partial charge in [0.1, 0.15) is 5.82 Å². The number of likely N-dealkylation sites (tertiary alicyclic amines) is 2. The summed E-state index contributed by atoms with van der Waals surface area (Å²) in [4.78, 5) is 17.2. The second kappa shape index (κ2) is 8.62. The van der Waals surface area contributed by atoms with Gasteiger partial charge < -0.3 is 10.2 Å². The molecule has 1 saturated carbocycles. The number of nitrogens with one attached hydrogen (secondary N) is 1. The minimum atomic E-state index is -0.394. The predicted molar refractivity (Wildman–Crippen MR) is 121 cm³/mol. The number of nitrogens with zero attached hydrogens (tertiary/aromatic N) is 2. The van der Waals surface area contributed by atoms with E-state index in [2.05, 4.69) is 40.5 Å². The Kier molecular flexibility index (Phi) is 5.70. The molecule has 1 unspecified atom stereocenters. The molecular weight excluding hydrogens is 389 g/mol. The Balaban J connectivity index is 1.24. The van der Waals surface area contributed by atoms with Crippen molar-refractivity contribution in [3.05, 3.63) is 66.0 Å². The van der Waals surface area contributed by atoms with Gasteiger partial charge in [0, 0.05) is 37.1 Å². The van der Waals surface area contributed by atoms with Crippen molar-refractivity contribution in [2.45, 2.75) is 57.0 Å². The summed E-state index contributed by atoms with van der Waals surface area (Å²) in [6, 6.07) is 18.2. The highest BCUT2D eigenvalue weighted by molar-refractivity contribution is 5.89. The van der Waals surface area contributed by atoms with E-state index in [1.807, 2.05) is 4.90 Å². The monoisotopic (exact) mass is 421 g/mol. The number of carbonyl (C=O) groups excluding carboxylic acids is 1. The molecule has 2 aromatic carbocycles. The van der Waals surface area contributed by atoms with Crippen LogP contribution in [-0.2, 0) is 0 Å². The maximum Gasteiger partial charge on any atom is 0.321 e. The van der Waals surface area contributed by atoms with Crippen molar-refractivity contribution in [2.75, 3.05) is 25.0 Å². The quantitative estimate of drug-likeness (QED) is 0.677. The third kappa shape index (κ3) is 3.96. The number of halogens is 1. The Hall–Kier alpha value is -2.40. The summed E-state index contributed by atoms with van der Waals surface area (Å²) in [5.41, 5.74) is 2.15. The fourth-order valence-electron chi connectivity index (χ4n) is 6.15. The van der Waals surface area contributed by atoms with Gasteiger partial charge in [-0.05, 0) is 43.4 Å². The van der Waals surface area contributed by atoms with Gasteiger partial charge in [-0.1, -0.05) is 61.7 Å². The van der Waals surface area contributed by atoms with E-state index in [1.54, 1.807) is 18.2 Å². The molecule has 0 bridgehead atoms. The van der Waals surface area contributed by atoms with Crippen LogP contribution in [0.4, 0.5) is 14.9 Å². The van der Waals surface area contributed by atoms with Gasteiger partial charge in [0.25, 0.3) is 0 Å². The summed E-state index contributed by atoms with van der Waals surface area (Å²) >= 11 is 0. The second-order valence-electron chi connectivity index (χ2n) is 9.54. The van der Waals surface area contributed by atoms with Gasteiger partial charge >= 0.3 is 6.03 Å². The zero-order valence-electron chi connectivity index (χ0n) is 18.1. The van der Waals surface area contributed by atoms with Crippen LogP contribution in [0, 0.1) is 11.2 Å². The number of anilines is 1. The van der Waals surface area contributed by atoms with E-state index in [9.17, 15) is 9.18 Å². The summed E-state index contributed by atoms with van der Waals surface area (Å²) in [5, 5.41) is 2.73. The summed E-state index contributed by atoms with van der Waals surface area (Å²) < 4.78 is 13.9. The lowest BCUT2D eigenvalue weighted by atomic mass is 9.60. The molecule has 2 aromatic rings. The molecule has 0 radical (unpaired) electrons. The lowest BCUT2D eigenvalue weighted by Gasteiger charge is -2.63. The van der Waals surface area contributed by atoms with Gasteiger partial charge in [0.15, 0.2) is 0 Å². The molecule has 2 saturated heterocycles. The Bertz CT molecular complexity index is 904. The highest BCUT2D eigenvalue weighted by atomic mass is 19.1. The summed E-state index contributed by atoms with van der Waals surface area (Å²) in [6.07, 6.45) is 8.71. The lowest BCUT2D eigenvalue weighted by Crippen LogP contribution is -2.64. The first-order valence-electron chi connectivity index (χ1n) is 11.8. The van der Waals surface area contributed by atoms with E-state index < -0.39 is 5.82 Å². The SMILES string of the molecule is O=C(Nc1ccccc1F)N1CCC(N2CC3(CCCCC3)C2c2ccccc2)CC1. The minimum absolute atomic E-state index is 0.199. The second-order valence-corrected chi connectivity index (χ2v) is 9.54. The van der Waals surface area contributed by atoms with Crippen LogP contribution in [0.3, 0.4) is 0 Å². The number of urea groups is 1. The van der Waals surface area contributed by atoms with Crippen LogP contribution in [0.2, 0.25) is 0 Å². The maximum atomic E-state index is 13.9. The number of benzene rings is 2. The molecule has 1 atom stereocenters. The Morgan fingerprint density at radius 3 is 2.32 bits per heavy atom. The molecule has 164 valence electrons. The van der Waals surface area contributed by atoms with Crippen molar-refractivity contribution < 1.29 is 9.18 Å². The van der Waals surface area contributed by atoms with Gasteiger partial charge in [-0.15, -0.1) is 0 Å². The number of piperidine rings is 1. The van der Waals surface area contributed by atoms with Crippen molar-refractivity contribution in [1.29, 1.82) is 0 Å². The largest absolute Gasteiger partial charge is 0.324 e. The molecule has 3 aliphatic rings. The Morgan fingerprint density at radius 1 is 0.935 bits per heavy atom. The maximum absolute atomic E-state index is 13.9. The van der Waals surface area contributed by atoms with Gasteiger partial charge in [-0.3, -0.25) is 4.90 Å². The molecule has 5 heteroatoms. The van der Waals surface area contributed by atoms with Crippen LogP contribution in [0.25, 0.3) is 0 Å². The molecule has 1 spiro atoms. The number of rotatable bonds is 3. The molecule has 1 N–H and O–H groups in total. The smallest absolute Gasteiger partial charge is 0.321 e. The van der Waals surface area contributed by atoms with Gasteiger partial charge in [0.05, 0.1) is 5.69 Å². The number of hydrogen-bond acceptors (Lipinski definition) is 2. The first-order valence-corrected chi connectivity index (χ1v) is 11.8. The van der Waals surface area contributed by atoms with Gasteiger partial charge in [0.2, 0.25) is 0 Å². The summed E-state index contributed by atoms with van der Waals surface area (Å²) in [5.74, 6) is -0.394. The number of amides is 2. The zero-order chi connectivity index (χ0) is 21.3. The topological polar surface area (TPSA) is 35.6 Å². The van der Waals surface area contributed by atoms with Crippen molar-refractivity contribution in [3.8, 4) is 0 Å². The molecule has 2 aliphatic heterocycles. The predicted octanol–water partition coefficient (Wildman–Crippen LogP) is 5.83. The first-order chi connectivity index (χ1) is 15.2. The van der Waals surface area contributed by atoms with Crippen molar-refractivity contribution in [2.24, 2.45) is 5.41 Å².